The molecule has 0 bridgehead atoms. The quantitative estimate of drug-likeness (QED) is 0.151. The average molecular weight is 891 g/mol. The largest absolute Gasteiger partial charge is 0.0622 e. The lowest BCUT2D eigenvalue weighted by atomic mass is 9.79. The fourth-order valence-electron chi connectivity index (χ4n) is 12.9. The molecular weight excluding hydrogens is 841 g/mol. The molecule has 0 spiro atoms. The average Bonchev–Trinajstić information content (AvgIpc) is 3.77. The lowest BCUT2D eigenvalue weighted by Gasteiger charge is -2.24. The van der Waals surface area contributed by atoms with Crippen LogP contribution in [0.2, 0.25) is 0 Å². The van der Waals surface area contributed by atoms with Gasteiger partial charge in [-0.25, -0.2) is 0 Å². The first-order valence-electron chi connectivity index (χ1n) is 24.8. The molecule has 0 amide bonds. The summed E-state index contributed by atoms with van der Waals surface area (Å²) in [5.74, 6) is 0. The normalized spacial score (nSPS) is 13.9. The van der Waals surface area contributed by atoms with Crippen molar-refractivity contribution in [2.45, 2.75) is 38.5 Å². The molecule has 0 saturated carbocycles. The van der Waals surface area contributed by atoms with E-state index in [0.717, 1.165) is 0 Å². The molecule has 330 valence electrons. The summed E-state index contributed by atoms with van der Waals surface area (Å²) in [6, 6.07) is 86.6. The minimum Gasteiger partial charge on any atom is -0.0622 e. The third kappa shape index (κ3) is 5.83. The number of hydrogen-bond donors (Lipinski definition) is 0. The molecule has 0 nitrogen and oxygen atoms in total. The number of benzene rings is 12. The standard InChI is InChI=1S/C70H50/c1-69(2)61-39-45(31-35-49(61)51-37-33-47(41-63(51)69)67-57-27-15-11-23-53(57)65(43-19-7-5-8-20-43)54-24-12-16-28-58(54)67)46-32-36-50-52-38-34-48(42-64(52)70(3,4)62(50)40-46)68-59-29-17-13-25-55(59)66(44-21-9-6-10-22-44)56-26-14-18-30-60(56)68/h5-42H,1-4H3. The van der Waals surface area contributed by atoms with Crippen molar-refractivity contribution in [2.75, 3.05) is 0 Å². The zero-order valence-corrected chi connectivity index (χ0v) is 39.9. The molecule has 70 heavy (non-hydrogen) atoms. The topological polar surface area (TPSA) is 0 Å². The summed E-state index contributed by atoms with van der Waals surface area (Å²) in [4.78, 5) is 0. The zero-order valence-electron chi connectivity index (χ0n) is 39.9. The molecule has 0 atom stereocenters. The Kier molecular flexibility index (Phi) is 8.78. The van der Waals surface area contributed by atoms with Crippen molar-refractivity contribution in [3.63, 3.8) is 0 Å². The Morgan fingerprint density at radius 1 is 0.200 bits per heavy atom. The van der Waals surface area contributed by atoms with Crippen LogP contribution in [0.25, 0.3) is 121 Å². The molecule has 12 aromatic rings. The van der Waals surface area contributed by atoms with E-state index in [0.29, 0.717) is 0 Å². The predicted molar refractivity (Wildman–Crippen MR) is 299 cm³/mol. The van der Waals surface area contributed by atoms with Crippen molar-refractivity contribution in [3.8, 4) is 77.9 Å². The van der Waals surface area contributed by atoms with Crippen LogP contribution in [0.4, 0.5) is 0 Å². The highest BCUT2D eigenvalue weighted by Gasteiger charge is 2.38. The fraction of sp³-hybridized carbons (Fsp3) is 0.0857. The van der Waals surface area contributed by atoms with Gasteiger partial charge in [-0.2, -0.15) is 0 Å². The highest BCUT2D eigenvalue weighted by Crippen LogP contribution is 2.55. The van der Waals surface area contributed by atoms with Gasteiger partial charge < -0.3 is 0 Å². The number of fused-ring (bicyclic) bond motifs is 10. The number of rotatable bonds is 5. The van der Waals surface area contributed by atoms with Crippen LogP contribution >= 0.6 is 0 Å². The fourth-order valence-corrected chi connectivity index (χ4v) is 12.9. The van der Waals surface area contributed by atoms with Crippen LogP contribution in [0, 0.1) is 0 Å². The van der Waals surface area contributed by atoms with E-state index in [-0.39, 0.29) is 10.8 Å². The van der Waals surface area contributed by atoms with E-state index in [1.165, 1.54) is 143 Å². The summed E-state index contributed by atoms with van der Waals surface area (Å²) in [5.41, 5.74) is 23.3. The van der Waals surface area contributed by atoms with Crippen LogP contribution in [0.15, 0.2) is 231 Å². The molecule has 0 unspecified atom stereocenters. The van der Waals surface area contributed by atoms with Gasteiger partial charge in [-0.3, -0.25) is 0 Å². The van der Waals surface area contributed by atoms with Crippen LogP contribution in [-0.2, 0) is 10.8 Å². The molecule has 2 aliphatic carbocycles. The van der Waals surface area contributed by atoms with Crippen LogP contribution < -0.4 is 0 Å². The van der Waals surface area contributed by atoms with Crippen molar-refractivity contribution in [3.05, 3.63) is 253 Å². The smallest absolute Gasteiger partial charge is 0.0159 e. The third-order valence-electron chi connectivity index (χ3n) is 16.3. The lowest BCUT2D eigenvalue weighted by molar-refractivity contribution is 0.660. The minimum absolute atomic E-state index is 0.192. The van der Waals surface area contributed by atoms with Crippen molar-refractivity contribution in [1.29, 1.82) is 0 Å². The van der Waals surface area contributed by atoms with Crippen molar-refractivity contribution in [2.24, 2.45) is 0 Å². The van der Waals surface area contributed by atoms with Crippen LogP contribution in [-0.4, -0.2) is 0 Å². The summed E-state index contributed by atoms with van der Waals surface area (Å²) in [6.45, 7) is 9.67. The summed E-state index contributed by atoms with van der Waals surface area (Å²) < 4.78 is 0. The molecule has 0 saturated heterocycles. The van der Waals surface area contributed by atoms with E-state index in [1.807, 2.05) is 0 Å². The van der Waals surface area contributed by atoms with Gasteiger partial charge in [-0.05, 0) is 167 Å². The summed E-state index contributed by atoms with van der Waals surface area (Å²) in [7, 11) is 0. The highest BCUT2D eigenvalue weighted by atomic mass is 14.4. The zero-order chi connectivity index (χ0) is 46.9. The second-order valence-electron chi connectivity index (χ2n) is 20.7. The van der Waals surface area contributed by atoms with Gasteiger partial charge in [0.15, 0.2) is 0 Å². The van der Waals surface area contributed by atoms with Gasteiger partial charge in [0.25, 0.3) is 0 Å². The maximum atomic E-state index is 2.50. The van der Waals surface area contributed by atoms with Gasteiger partial charge in [0.2, 0.25) is 0 Å². The minimum atomic E-state index is -0.192. The Labute approximate surface area is 410 Å². The Balaban J connectivity index is 0.841. The van der Waals surface area contributed by atoms with Crippen LogP contribution in [0.3, 0.4) is 0 Å². The van der Waals surface area contributed by atoms with Crippen LogP contribution in [0.5, 0.6) is 0 Å². The van der Waals surface area contributed by atoms with Gasteiger partial charge >= 0.3 is 0 Å². The van der Waals surface area contributed by atoms with E-state index >= 15 is 0 Å². The van der Waals surface area contributed by atoms with E-state index in [4.69, 9.17) is 0 Å². The molecule has 2 aliphatic rings. The summed E-state index contributed by atoms with van der Waals surface area (Å²) in [6.07, 6.45) is 0. The Morgan fingerprint density at radius 2 is 0.414 bits per heavy atom. The van der Waals surface area contributed by atoms with Gasteiger partial charge in [0, 0.05) is 10.8 Å². The molecule has 0 aliphatic heterocycles. The Bertz CT molecular complexity index is 3760. The molecule has 0 aromatic heterocycles. The number of hydrogen-bond acceptors (Lipinski definition) is 0. The van der Waals surface area contributed by atoms with Gasteiger partial charge in [-0.15, -0.1) is 0 Å². The second-order valence-corrected chi connectivity index (χ2v) is 20.7. The van der Waals surface area contributed by atoms with Gasteiger partial charge in [0.05, 0.1) is 0 Å². The molecule has 0 radical (unpaired) electrons. The summed E-state index contributed by atoms with van der Waals surface area (Å²) in [5, 5.41) is 10.3. The van der Waals surface area contributed by atoms with Crippen molar-refractivity contribution >= 4 is 43.1 Å². The third-order valence-corrected chi connectivity index (χ3v) is 16.3. The lowest BCUT2D eigenvalue weighted by Crippen LogP contribution is -2.15. The molecule has 0 fully saturated rings. The van der Waals surface area contributed by atoms with E-state index < -0.39 is 0 Å². The SMILES string of the molecule is CC1(C)c2cc(-c3ccc4c(c3)C(C)(C)c3cc(-c5c6ccccc6c(-c6ccccc6)c6ccccc56)ccc3-4)ccc2-c2ccc(-c3c4ccccc4c(-c4ccccc4)c4ccccc34)cc21. The Hall–Kier alpha value is -8.32. The maximum Gasteiger partial charge on any atom is 0.0159 e. The molecule has 14 rings (SSSR count). The molecular formula is C70H50. The molecule has 0 N–H and O–H groups in total. The first-order chi connectivity index (χ1) is 34.3. The molecule has 0 heteroatoms. The highest BCUT2D eigenvalue weighted by molar-refractivity contribution is 6.23. The van der Waals surface area contributed by atoms with Gasteiger partial charge in [0.1, 0.15) is 0 Å². The first-order valence-corrected chi connectivity index (χ1v) is 24.8. The summed E-state index contributed by atoms with van der Waals surface area (Å²) >= 11 is 0. The van der Waals surface area contributed by atoms with E-state index in [2.05, 4.69) is 258 Å². The maximum absolute atomic E-state index is 2.50. The van der Waals surface area contributed by atoms with E-state index in [1.54, 1.807) is 0 Å². The van der Waals surface area contributed by atoms with Crippen molar-refractivity contribution < 1.29 is 0 Å². The van der Waals surface area contributed by atoms with Crippen molar-refractivity contribution in [1.82, 2.24) is 0 Å². The Morgan fingerprint density at radius 3 is 0.686 bits per heavy atom. The van der Waals surface area contributed by atoms with E-state index in [9.17, 15) is 0 Å². The molecule has 12 aromatic carbocycles. The predicted octanol–water partition coefficient (Wildman–Crippen LogP) is 19.2. The van der Waals surface area contributed by atoms with Crippen LogP contribution in [0.1, 0.15) is 49.9 Å². The second kappa shape index (κ2) is 15.1. The molecule has 0 heterocycles. The van der Waals surface area contributed by atoms with Gasteiger partial charge in [-0.1, -0.05) is 234 Å². The first kappa shape index (κ1) is 40.7. The monoisotopic (exact) mass is 890 g/mol.